The van der Waals surface area contributed by atoms with Crippen molar-refractivity contribution in [2.45, 2.75) is 19.3 Å². The van der Waals surface area contributed by atoms with Gasteiger partial charge in [-0.2, -0.15) is 5.10 Å². The number of ether oxygens (including phenoxy) is 1. The molecule has 0 saturated carbocycles. The van der Waals surface area contributed by atoms with E-state index in [4.69, 9.17) is 4.74 Å². The lowest BCUT2D eigenvalue weighted by molar-refractivity contribution is -0.119. The summed E-state index contributed by atoms with van der Waals surface area (Å²) in [6.45, 7) is 1.65. The first-order chi connectivity index (χ1) is 15.0. The molecule has 1 fully saturated rings. The second-order valence-corrected chi connectivity index (χ2v) is 7.54. The van der Waals surface area contributed by atoms with Gasteiger partial charge >= 0.3 is 5.97 Å². The third-order valence-corrected chi connectivity index (χ3v) is 5.36. The Labute approximate surface area is 179 Å². The van der Waals surface area contributed by atoms with E-state index in [9.17, 15) is 14.4 Å². The Hall–Kier alpha value is -3.68. The van der Waals surface area contributed by atoms with E-state index in [1.807, 2.05) is 24.3 Å². The summed E-state index contributed by atoms with van der Waals surface area (Å²) in [6, 6.07) is 14.3. The molecule has 4 rings (SSSR count). The lowest BCUT2D eigenvalue weighted by atomic mass is 10.1. The maximum atomic E-state index is 12.5. The number of aromatic nitrogens is 2. The average Bonchev–Trinajstić information content (AvgIpc) is 2.81. The molecule has 3 aromatic rings. The van der Waals surface area contributed by atoms with E-state index < -0.39 is 18.5 Å². The number of fused-ring (bicyclic) bond motifs is 1. The fourth-order valence-corrected chi connectivity index (χ4v) is 3.75. The Kier molecular flexibility index (Phi) is 5.97. The number of carbonyl (C=O) groups excluding carboxylic acids is 2. The van der Waals surface area contributed by atoms with Crippen molar-refractivity contribution < 1.29 is 14.3 Å². The van der Waals surface area contributed by atoms with Crippen molar-refractivity contribution in [3.63, 3.8) is 0 Å². The first kappa shape index (κ1) is 20.6. The van der Waals surface area contributed by atoms with Crippen molar-refractivity contribution in [2.75, 3.05) is 29.9 Å². The van der Waals surface area contributed by atoms with Gasteiger partial charge in [0, 0.05) is 36.9 Å². The summed E-state index contributed by atoms with van der Waals surface area (Å²) in [7, 11) is 1.46. The van der Waals surface area contributed by atoms with Crippen molar-refractivity contribution in [3.05, 3.63) is 64.6 Å². The van der Waals surface area contributed by atoms with E-state index in [0.717, 1.165) is 23.5 Å². The molecule has 8 nitrogen and oxygen atoms in total. The number of piperidine rings is 1. The van der Waals surface area contributed by atoms with Crippen LogP contribution < -0.4 is 15.8 Å². The van der Waals surface area contributed by atoms with Gasteiger partial charge in [0.1, 0.15) is 0 Å². The van der Waals surface area contributed by atoms with E-state index >= 15 is 0 Å². The quantitative estimate of drug-likeness (QED) is 0.638. The van der Waals surface area contributed by atoms with Crippen LogP contribution >= 0.6 is 0 Å². The smallest absolute Gasteiger partial charge is 0.359 e. The van der Waals surface area contributed by atoms with E-state index in [2.05, 4.69) is 15.3 Å². The SMILES string of the molecule is Cn1nc(C(=O)OCC(=O)Nc2ccc(N3CCCCC3)cc2)c2ccccc2c1=O. The number of hydrogen-bond donors (Lipinski definition) is 1. The molecule has 0 atom stereocenters. The van der Waals surface area contributed by atoms with Crippen LogP contribution in [0.25, 0.3) is 10.8 Å². The predicted molar refractivity (Wildman–Crippen MR) is 118 cm³/mol. The zero-order valence-corrected chi connectivity index (χ0v) is 17.3. The number of anilines is 2. The first-order valence-corrected chi connectivity index (χ1v) is 10.3. The molecular weight excluding hydrogens is 396 g/mol. The molecule has 0 bridgehead atoms. The standard InChI is InChI=1S/C23H24N4O4/c1-26-22(29)19-8-4-3-7-18(19)21(25-26)23(30)31-15-20(28)24-16-9-11-17(12-10-16)27-13-5-2-6-14-27/h3-4,7-12H,2,5-6,13-15H2,1H3,(H,24,28). The molecule has 0 radical (unpaired) electrons. The van der Waals surface area contributed by atoms with E-state index in [0.29, 0.717) is 16.5 Å². The number of hydrogen-bond acceptors (Lipinski definition) is 6. The monoisotopic (exact) mass is 420 g/mol. The van der Waals surface area contributed by atoms with E-state index in [1.54, 1.807) is 24.3 Å². The van der Waals surface area contributed by atoms with Gasteiger partial charge in [-0.05, 0) is 49.6 Å². The Bertz CT molecular complexity index is 1160. The molecule has 2 heterocycles. The van der Waals surface area contributed by atoms with Crippen molar-refractivity contribution in [3.8, 4) is 0 Å². The summed E-state index contributed by atoms with van der Waals surface area (Å²) in [6.07, 6.45) is 3.67. The third-order valence-electron chi connectivity index (χ3n) is 5.36. The summed E-state index contributed by atoms with van der Waals surface area (Å²) in [5.74, 6) is -1.21. The number of amides is 1. The fraction of sp³-hybridized carbons (Fsp3) is 0.304. The predicted octanol–water partition coefficient (Wildman–Crippen LogP) is 2.72. The van der Waals surface area contributed by atoms with Crippen LogP contribution in [0.1, 0.15) is 29.8 Å². The van der Waals surface area contributed by atoms with Crippen LogP contribution in [0.2, 0.25) is 0 Å². The normalized spacial score (nSPS) is 13.8. The van der Waals surface area contributed by atoms with Gasteiger partial charge in [-0.3, -0.25) is 9.59 Å². The van der Waals surface area contributed by atoms with Crippen molar-refractivity contribution in [1.82, 2.24) is 9.78 Å². The molecule has 1 aliphatic rings. The molecule has 1 aliphatic heterocycles. The van der Waals surface area contributed by atoms with Crippen LogP contribution in [-0.2, 0) is 16.6 Å². The molecule has 8 heteroatoms. The largest absolute Gasteiger partial charge is 0.451 e. The molecule has 0 unspecified atom stereocenters. The molecule has 0 aliphatic carbocycles. The number of rotatable bonds is 5. The summed E-state index contributed by atoms with van der Waals surface area (Å²) in [5.41, 5.74) is 1.46. The minimum atomic E-state index is -0.762. The van der Waals surface area contributed by atoms with Gasteiger partial charge in [-0.25, -0.2) is 9.48 Å². The summed E-state index contributed by atoms with van der Waals surface area (Å²) < 4.78 is 6.23. The third kappa shape index (κ3) is 4.58. The van der Waals surface area contributed by atoms with E-state index in [1.165, 1.54) is 26.3 Å². The molecule has 2 aromatic carbocycles. The van der Waals surface area contributed by atoms with Crippen LogP contribution in [0.3, 0.4) is 0 Å². The van der Waals surface area contributed by atoms with Gasteiger partial charge in [0.05, 0.1) is 5.39 Å². The number of benzene rings is 2. The average molecular weight is 420 g/mol. The maximum Gasteiger partial charge on any atom is 0.359 e. The highest BCUT2D eigenvalue weighted by atomic mass is 16.5. The topological polar surface area (TPSA) is 93.5 Å². The summed E-state index contributed by atoms with van der Waals surface area (Å²) in [4.78, 5) is 39.3. The van der Waals surface area contributed by atoms with Gasteiger partial charge in [0.25, 0.3) is 11.5 Å². The van der Waals surface area contributed by atoms with Gasteiger partial charge in [-0.15, -0.1) is 0 Å². The maximum absolute atomic E-state index is 12.5. The van der Waals surface area contributed by atoms with Crippen molar-refractivity contribution >= 4 is 34.0 Å². The summed E-state index contributed by atoms with van der Waals surface area (Å²) in [5, 5.41) is 7.50. The lowest BCUT2D eigenvalue weighted by Gasteiger charge is -2.28. The number of nitrogens with zero attached hydrogens (tertiary/aromatic N) is 3. The number of aryl methyl sites for hydroxylation is 1. The van der Waals surface area contributed by atoms with Gasteiger partial charge in [0.15, 0.2) is 12.3 Å². The highest BCUT2D eigenvalue weighted by molar-refractivity contribution is 6.03. The van der Waals surface area contributed by atoms with Crippen LogP contribution in [0.15, 0.2) is 53.3 Å². The Morgan fingerprint density at radius 2 is 1.68 bits per heavy atom. The van der Waals surface area contributed by atoms with Gasteiger partial charge in [-0.1, -0.05) is 18.2 Å². The molecule has 0 spiro atoms. The molecule has 1 saturated heterocycles. The number of nitrogens with one attached hydrogen (secondary N) is 1. The van der Waals surface area contributed by atoms with Gasteiger partial charge < -0.3 is 15.0 Å². The second kappa shape index (κ2) is 8.99. The Balaban J connectivity index is 1.38. The Morgan fingerprint density at radius 3 is 2.39 bits per heavy atom. The summed E-state index contributed by atoms with van der Waals surface area (Å²) >= 11 is 0. The minimum Gasteiger partial charge on any atom is -0.451 e. The van der Waals surface area contributed by atoms with E-state index in [-0.39, 0.29) is 11.3 Å². The highest BCUT2D eigenvalue weighted by Crippen LogP contribution is 2.22. The van der Waals surface area contributed by atoms with Crippen LogP contribution in [0, 0.1) is 0 Å². The van der Waals surface area contributed by atoms with Gasteiger partial charge in [0.2, 0.25) is 0 Å². The lowest BCUT2D eigenvalue weighted by Crippen LogP contribution is -2.29. The zero-order chi connectivity index (χ0) is 21.8. The number of esters is 1. The van der Waals surface area contributed by atoms with Crippen LogP contribution in [0.4, 0.5) is 11.4 Å². The minimum absolute atomic E-state index is 0.00335. The Morgan fingerprint density at radius 1 is 1.00 bits per heavy atom. The molecule has 160 valence electrons. The molecule has 31 heavy (non-hydrogen) atoms. The highest BCUT2D eigenvalue weighted by Gasteiger charge is 2.18. The molecule has 1 N–H and O–H groups in total. The molecule has 1 aromatic heterocycles. The second-order valence-electron chi connectivity index (χ2n) is 7.54. The fourth-order valence-electron chi connectivity index (χ4n) is 3.75. The van der Waals surface area contributed by atoms with Crippen LogP contribution in [0.5, 0.6) is 0 Å². The molecule has 1 amide bonds. The van der Waals surface area contributed by atoms with Crippen molar-refractivity contribution in [2.24, 2.45) is 7.05 Å². The zero-order valence-electron chi connectivity index (χ0n) is 17.3. The van der Waals surface area contributed by atoms with Crippen molar-refractivity contribution in [1.29, 1.82) is 0 Å². The van der Waals surface area contributed by atoms with Crippen LogP contribution in [-0.4, -0.2) is 41.4 Å². The number of carbonyl (C=O) groups is 2. The first-order valence-electron chi connectivity index (χ1n) is 10.3. The molecular formula is C23H24N4O4.